The van der Waals surface area contributed by atoms with Gasteiger partial charge in [0.2, 0.25) is 0 Å². The zero-order valence-electron chi connectivity index (χ0n) is 12.9. The quantitative estimate of drug-likeness (QED) is 0.581. The number of carbonyl (C=O) groups excluding carboxylic acids is 1. The van der Waals surface area contributed by atoms with Gasteiger partial charge in [-0.15, -0.1) is 11.8 Å². The van der Waals surface area contributed by atoms with Crippen molar-refractivity contribution in [3.63, 3.8) is 0 Å². The molecule has 0 bridgehead atoms. The van der Waals surface area contributed by atoms with Crippen molar-refractivity contribution in [2.45, 2.75) is 18.1 Å². The van der Waals surface area contributed by atoms with Crippen molar-refractivity contribution in [3.8, 4) is 5.69 Å². The van der Waals surface area contributed by atoms with E-state index in [1.54, 1.807) is 13.2 Å². The molecule has 1 aromatic heterocycles. The Bertz CT molecular complexity index is 801. The summed E-state index contributed by atoms with van der Waals surface area (Å²) in [6.45, 7) is 1.75. The lowest BCUT2D eigenvalue weighted by molar-refractivity contribution is -0.137. The van der Waals surface area contributed by atoms with Crippen molar-refractivity contribution >= 4 is 46.8 Å². The Morgan fingerprint density at radius 3 is 2.36 bits per heavy atom. The van der Waals surface area contributed by atoms with E-state index in [-0.39, 0.29) is 38.7 Å². The molecule has 136 valence electrons. The van der Waals surface area contributed by atoms with Crippen LogP contribution >= 0.6 is 35.0 Å². The van der Waals surface area contributed by atoms with Gasteiger partial charge in [-0.05, 0) is 25.3 Å². The van der Waals surface area contributed by atoms with Crippen LogP contribution in [-0.4, -0.2) is 28.6 Å². The maximum absolute atomic E-state index is 12.8. The topological polar surface area (TPSA) is 70.1 Å². The lowest BCUT2D eigenvalue weighted by Crippen LogP contribution is -2.11. The Kier molecular flexibility index (Phi) is 5.80. The molecule has 2 N–H and O–H groups in total. The summed E-state index contributed by atoms with van der Waals surface area (Å²) in [5, 5.41) is 3.74. The summed E-state index contributed by atoms with van der Waals surface area (Å²) in [5.74, 6) is -0.832. The molecular formula is C14H12Cl2F3N3O2S. The zero-order chi connectivity index (χ0) is 18.9. The number of nitrogens with zero attached hydrogens (tertiary/aromatic N) is 2. The highest BCUT2D eigenvalue weighted by Gasteiger charge is 2.33. The Morgan fingerprint density at radius 2 is 1.92 bits per heavy atom. The third-order valence-electron chi connectivity index (χ3n) is 3.12. The van der Waals surface area contributed by atoms with E-state index in [9.17, 15) is 18.0 Å². The number of anilines is 1. The molecule has 0 aliphatic carbocycles. The Balaban J connectivity index is 2.66. The first-order chi connectivity index (χ1) is 11.6. The van der Waals surface area contributed by atoms with Crippen LogP contribution in [0.1, 0.15) is 22.8 Å². The maximum Gasteiger partial charge on any atom is 0.416 e. The molecule has 2 rings (SSSR count). The number of hydrogen-bond acceptors (Lipinski definition) is 5. The second kappa shape index (κ2) is 7.35. The van der Waals surface area contributed by atoms with Crippen LogP contribution in [0, 0.1) is 0 Å². The van der Waals surface area contributed by atoms with E-state index < -0.39 is 17.7 Å². The summed E-state index contributed by atoms with van der Waals surface area (Å²) in [5.41, 5.74) is 4.89. The number of thioether (sulfide) groups is 1. The van der Waals surface area contributed by atoms with E-state index in [4.69, 9.17) is 33.7 Å². The first kappa shape index (κ1) is 19.7. The van der Waals surface area contributed by atoms with Crippen LogP contribution in [0.15, 0.2) is 17.2 Å². The Hall–Kier alpha value is -1.58. The van der Waals surface area contributed by atoms with Crippen molar-refractivity contribution in [2.24, 2.45) is 0 Å². The highest BCUT2D eigenvalue weighted by atomic mass is 35.5. The maximum atomic E-state index is 12.8. The number of nitrogen functional groups attached to an aromatic ring is 1. The van der Waals surface area contributed by atoms with E-state index in [1.165, 1.54) is 0 Å². The van der Waals surface area contributed by atoms with E-state index in [0.29, 0.717) is 12.1 Å². The fourth-order valence-corrected chi connectivity index (χ4v) is 3.25. The summed E-state index contributed by atoms with van der Waals surface area (Å²) < 4.78 is 44.5. The van der Waals surface area contributed by atoms with E-state index in [2.05, 4.69) is 5.10 Å². The summed E-state index contributed by atoms with van der Waals surface area (Å²) in [7, 11) is 0. The van der Waals surface area contributed by atoms with Gasteiger partial charge in [-0.2, -0.15) is 18.3 Å². The summed E-state index contributed by atoms with van der Waals surface area (Å²) in [6.07, 6.45) is -2.95. The van der Waals surface area contributed by atoms with Gasteiger partial charge < -0.3 is 10.5 Å². The van der Waals surface area contributed by atoms with Crippen LogP contribution in [0.2, 0.25) is 10.0 Å². The van der Waals surface area contributed by atoms with Gasteiger partial charge in [0, 0.05) is 0 Å². The molecule has 25 heavy (non-hydrogen) atoms. The number of esters is 1. The number of hydrogen-bond donors (Lipinski definition) is 1. The summed E-state index contributed by atoms with van der Waals surface area (Å²) in [4.78, 5) is 12.1. The van der Waals surface area contributed by atoms with Crippen molar-refractivity contribution in [1.29, 1.82) is 0 Å². The number of ether oxygens (including phenoxy) is 1. The number of carbonyl (C=O) groups is 1. The number of nitrogens with two attached hydrogens (primary N) is 1. The van der Waals surface area contributed by atoms with Crippen molar-refractivity contribution < 1.29 is 22.7 Å². The monoisotopic (exact) mass is 413 g/mol. The molecule has 0 aliphatic rings. The molecule has 0 amide bonds. The fourth-order valence-electron chi connectivity index (χ4n) is 2.05. The standard InChI is InChI=1S/C14H12Cl2F3N3O2S/c1-3-24-13(23)9-11(20)22(21-12(9)25-2)10-7(15)4-6(5-8(10)16)14(17,18)19/h4-5H,3,20H2,1-2H3. The molecule has 0 fully saturated rings. The summed E-state index contributed by atoms with van der Waals surface area (Å²) in [6, 6.07) is 1.43. The zero-order valence-corrected chi connectivity index (χ0v) is 15.3. The highest BCUT2D eigenvalue weighted by molar-refractivity contribution is 7.98. The fraction of sp³-hybridized carbons (Fsp3) is 0.286. The highest BCUT2D eigenvalue weighted by Crippen LogP contribution is 2.39. The average molecular weight is 414 g/mol. The number of benzene rings is 1. The number of aromatic nitrogens is 2. The third-order valence-corrected chi connectivity index (χ3v) is 4.37. The molecule has 0 saturated carbocycles. The minimum atomic E-state index is -4.61. The van der Waals surface area contributed by atoms with E-state index >= 15 is 0 Å². The van der Waals surface area contributed by atoms with Crippen molar-refractivity contribution in [1.82, 2.24) is 9.78 Å². The first-order valence-electron chi connectivity index (χ1n) is 6.78. The molecule has 11 heteroatoms. The number of alkyl halides is 3. The SMILES string of the molecule is CCOC(=O)c1c(SC)nn(-c2c(Cl)cc(C(F)(F)F)cc2Cl)c1N. The molecule has 0 unspecified atom stereocenters. The van der Waals surface area contributed by atoms with Gasteiger partial charge >= 0.3 is 12.1 Å². The normalized spacial score (nSPS) is 11.6. The molecule has 0 atom stereocenters. The molecule has 5 nitrogen and oxygen atoms in total. The molecular weight excluding hydrogens is 402 g/mol. The van der Waals surface area contributed by atoms with Crippen LogP contribution in [0.3, 0.4) is 0 Å². The molecule has 2 aromatic rings. The van der Waals surface area contributed by atoms with E-state index in [0.717, 1.165) is 16.4 Å². The molecule has 0 spiro atoms. The van der Waals surface area contributed by atoms with Gasteiger partial charge in [0.25, 0.3) is 0 Å². The van der Waals surface area contributed by atoms with Gasteiger partial charge in [0.1, 0.15) is 22.1 Å². The van der Waals surface area contributed by atoms with E-state index in [1.807, 2.05) is 0 Å². The number of halogens is 5. The minimum absolute atomic E-state index is 0.00128. The molecule has 1 heterocycles. The van der Waals surface area contributed by atoms with Crippen LogP contribution in [0.25, 0.3) is 5.69 Å². The second-order valence-corrected chi connectivity index (χ2v) is 6.30. The van der Waals surface area contributed by atoms with Gasteiger partial charge in [0.05, 0.1) is 22.2 Å². The predicted molar refractivity (Wildman–Crippen MR) is 90.7 cm³/mol. The second-order valence-electron chi connectivity index (χ2n) is 4.69. The van der Waals surface area contributed by atoms with Crippen molar-refractivity contribution in [2.75, 3.05) is 18.6 Å². The Morgan fingerprint density at radius 1 is 1.36 bits per heavy atom. The molecule has 0 radical (unpaired) electrons. The molecule has 0 saturated heterocycles. The van der Waals surface area contributed by atoms with Gasteiger partial charge in [0.15, 0.2) is 0 Å². The third kappa shape index (κ3) is 3.83. The van der Waals surface area contributed by atoms with Crippen molar-refractivity contribution in [3.05, 3.63) is 33.3 Å². The lowest BCUT2D eigenvalue weighted by atomic mass is 10.2. The minimum Gasteiger partial charge on any atom is -0.462 e. The smallest absolute Gasteiger partial charge is 0.416 e. The van der Waals surface area contributed by atoms with Gasteiger partial charge in [-0.3, -0.25) is 0 Å². The average Bonchev–Trinajstić information content (AvgIpc) is 2.82. The largest absolute Gasteiger partial charge is 0.462 e. The summed E-state index contributed by atoms with van der Waals surface area (Å²) >= 11 is 13.1. The number of rotatable bonds is 4. The first-order valence-corrected chi connectivity index (χ1v) is 8.76. The van der Waals surface area contributed by atoms with Crippen LogP contribution in [0.4, 0.5) is 19.0 Å². The molecule has 1 aromatic carbocycles. The van der Waals surface area contributed by atoms with Crippen LogP contribution in [0.5, 0.6) is 0 Å². The Labute approximate surface area is 155 Å². The van der Waals surface area contributed by atoms with Gasteiger partial charge in [-0.25, -0.2) is 9.48 Å². The van der Waals surface area contributed by atoms with Crippen LogP contribution in [-0.2, 0) is 10.9 Å². The van der Waals surface area contributed by atoms with Gasteiger partial charge in [-0.1, -0.05) is 23.2 Å². The molecule has 0 aliphatic heterocycles. The van der Waals surface area contributed by atoms with Crippen LogP contribution < -0.4 is 5.73 Å². The lowest BCUT2D eigenvalue weighted by Gasteiger charge is -2.13. The predicted octanol–water partition coefficient (Wildman–Crippen LogP) is 4.68.